The first-order valence-electron chi connectivity index (χ1n) is 23.4. The minimum atomic E-state index is -0.221. The number of benzene rings is 7. The monoisotopic (exact) mass is 818 g/mol. The number of nitrogens with zero attached hydrogens (tertiary/aromatic N) is 2. The lowest BCUT2D eigenvalue weighted by molar-refractivity contribution is 0.331. The van der Waals surface area contributed by atoms with E-state index < -0.39 is 0 Å². The summed E-state index contributed by atoms with van der Waals surface area (Å²) in [6.45, 7) is 26.9. The van der Waals surface area contributed by atoms with Crippen molar-refractivity contribution in [3.05, 3.63) is 172 Å². The number of anilines is 5. The van der Waals surface area contributed by atoms with Gasteiger partial charge in [-0.2, -0.15) is 0 Å². The molecule has 312 valence electrons. The first-order chi connectivity index (χ1) is 29.9. The molecule has 0 spiro atoms. The van der Waals surface area contributed by atoms with Crippen molar-refractivity contribution in [2.75, 3.05) is 9.71 Å². The van der Waals surface area contributed by atoms with E-state index in [-0.39, 0.29) is 33.9 Å². The van der Waals surface area contributed by atoms with Crippen molar-refractivity contribution < 1.29 is 0 Å². The van der Waals surface area contributed by atoms with Crippen molar-refractivity contribution >= 4 is 46.2 Å². The maximum Gasteiger partial charge on any atom is 0.333 e. The zero-order valence-electron chi connectivity index (χ0n) is 39.1. The van der Waals surface area contributed by atoms with Crippen LogP contribution in [-0.4, -0.2) is 6.85 Å². The number of hydrogen-bond acceptors (Lipinski definition) is 2. The molecule has 0 saturated carbocycles. The molecule has 0 amide bonds. The summed E-state index contributed by atoms with van der Waals surface area (Å²) in [5.41, 5.74) is 27.0. The molecule has 0 fully saturated rings. The Morgan fingerprint density at radius 1 is 0.460 bits per heavy atom. The lowest BCUT2D eigenvalue weighted by atomic mass is 9.42. The quantitative estimate of drug-likeness (QED) is 0.160. The molecule has 5 aliphatic rings. The van der Waals surface area contributed by atoms with Gasteiger partial charge in [-0.05, 0) is 131 Å². The first kappa shape index (κ1) is 38.8. The van der Waals surface area contributed by atoms with Gasteiger partial charge in [0.25, 0.3) is 0 Å². The summed E-state index contributed by atoms with van der Waals surface area (Å²) in [6, 6.07) is 52.2. The van der Waals surface area contributed by atoms with Crippen molar-refractivity contribution in [2.24, 2.45) is 0 Å². The van der Waals surface area contributed by atoms with Crippen LogP contribution in [0, 0.1) is 0 Å². The summed E-state index contributed by atoms with van der Waals surface area (Å²) in [6.07, 6.45) is 2.39. The van der Waals surface area contributed by atoms with Crippen LogP contribution in [-0.2, 0) is 27.1 Å². The fourth-order valence-electron chi connectivity index (χ4n) is 12.7. The van der Waals surface area contributed by atoms with Crippen LogP contribution in [0.2, 0.25) is 0 Å². The average Bonchev–Trinajstić information content (AvgIpc) is 3.50. The summed E-state index contributed by atoms with van der Waals surface area (Å²) in [4.78, 5) is 5.52. The zero-order chi connectivity index (χ0) is 43.7. The van der Waals surface area contributed by atoms with E-state index in [0.29, 0.717) is 0 Å². The minimum absolute atomic E-state index is 0.0647. The highest BCUT2D eigenvalue weighted by atomic mass is 15.2. The first-order valence-corrected chi connectivity index (χ1v) is 23.4. The molecule has 0 saturated heterocycles. The SMILES string of the molecule is CC(C)(C)c1cc2c3c(c1)N1c4cc5c(cc4C(C)(C)c4cccc(c41)B3N(c1cccc3c1C(C)(C)c1ccccc1-3)c1cc(-c3ccccc3)ccc1-2)C(C)(C)CCC5(C)C. The molecule has 0 N–H and O–H groups in total. The molecule has 7 aromatic rings. The Kier molecular flexibility index (Phi) is 7.69. The molecule has 2 aliphatic carbocycles. The van der Waals surface area contributed by atoms with Crippen LogP contribution in [0.15, 0.2) is 133 Å². The predicted molar refractivity (Wildman–Crippen MR) is 269 cm³/mol. The van der Waals surface area contributed by atoms with Gasteiger partial charge in [0, 0.05) is 39.1 Å². The standard InChI is InChI=1S/C60H59BN2/c1-56(2,3)38-32-42-40-28-27-37(36-19-13-12-14-20-36)31-50(40)63(49-26-17-22-41-39-21-15-16-23-43(39)60(10,11)53(41)49)61-48-25-18-24-44-55(48)62(52(33-38)54(42)61)51-35-46-45(34-47(51)59(44,8)9)57(4,5)29-30-58(46,6)7/h12-28,31-35H,29-30H2,1-11H3. The largest absolute Gasteiger partial charge is 0.376 e. The van der Waals surface area contributed by atoms with Gasteiger partial charge in [0.1, 0.15) is 0 Å². The van der Waals surface area contributed by atoms with Crippen LogP contribution in [0.4, 0.5) is 28.4 Å². The van der Waals surface area contributed by atoms with Gasteiger partial charge in [0.2, 0.25) is 0 Å². The van der Waals surface area contributed by atoms with E-state index in [1.807, 2.05) is 0 Å². The summed E-state index contributed by atoms with van der Waals surface area (Å²) >= 11 is 0. The lowest BCUT2D eigenvalue weighted by Crippen LogP contribution is -2.63. The summed E-state index contributed by atoms with van der Waals surface area (Å²) in [7, 11) is 0. The van der Waals surface area contributed by atoms with Gasteiger partial charge in [-0.15, -0.1) is 0 Å². The number of fused-ring (bicyclic) bond motifs is 10. The Balaban J connectivity index is 1.22. The van der Waals surface area contributed by atoms with Crippen LogP contribution < -0.4 is 20.6 Å². The predicted octanol–water partition coefficient (Wildman–Crippen LogP) is 14.7. The third kappa shape index (κ3) is 5.14. The third-order valence-electron chi connectivity index (χ3n) is 16.4. The zero-order valence-corrected chi connectivity index (χ0v) is 39.1. The molecule has 3 heteroatoms. The van der Waals surface area contributed by atoms with Crippen LogP contribution in [0.5, 0.6) is 0 Å². The second-order valence-corrected chi connectivity index (χ2v) is 22.8. The van der Waals surface area contributed by atoms with E-state index in [1.54, 1.807) is 0 Å². The van der Waals surface area contributed by atoms with Gasteiger partial charge in [0.05, 0.1) is 5.69 Å². The van der Waals surface area contributed by atoms with Crippen molar-refractivity contribution in [1.29, 1.82) is 0 Å². The Bertz CT molecular complexity index is 3120. The Labute approximate surface area is 376 Å². The van der Waals surface area contributed by atoms with E-state index in [2.05, 4.69) is 219 Å². The number of hydrogen-bond donors (Lipinski definition) is 0. The lowest BCUT2D eigenvalue weighted by Gasteiger charge is -2.52. The molecular formula is C60H59BN2. The topological polar surface area (TPSA) is 6.48 Å². The second kappa shape index (κ2) is 12.5. The molecule has 0 aromatic heterocycles. The molecule has 2 nitrogen and oxygen atoms in total. The maximum absolute atomic E-state index is 2.78. The van der Waals surface area contributed by atoms with E-state index >= 15 is 0 Å². The highest BCUT2D eigenvalue weighted by Gasteiger charge is 2.52. The molecule has 12 rings (SSSR count). The van der Waals surface area contributed by atoms with Crippen LogP contribution in [0.25, 0.3) is 33.4 Å². The fourth-order valence-corrected chi connectivity index (χ4v) is 12.7. The van der Waals surface area contributed by atoms with Gasteiger partial charge in [-0.25, -0.2) is 0 Å². The maximum atomic E-state index is 2.78. The van der Waals surface area contributed by atoms with Crippen LogP contribution in [0.1, 0.15) is 128 Å². The van der Waals surface area contributed by atoms with Gasteiger partial charge < -0.3 is 9.71 Å². The molecule has 3 heterocycles. The van der Waals surface area contributed by atoms with E-state index in [1.165, 1.54) is 125 Å². The summed E-state index contributed by atoms with van der Waals surface area (Å²) < 4.78 is 0. The highest BCUT2D eigenvalue weighted by Crippen LogP contribution is 2.60. The Morgan fingerprint density at radius 3 is 1.87 bits per heavy atom. The van der Waals surface area contributed by atoms with E-state index in [9.17, 15) is 0 Å². The Hall–Kier alpha value is -5.80. The average molecular weight is 819 g/mol. The highest BCUT2D eigenvalue weighted by molar-refractivity contribution is 6.93. The van der Waals surface area contributed by atoms with Gasteiger partial charge in [-0.3, -0.25) is 0 Å². The van der Waals surface area contributed by atoms with Gasteiger partial charge in [0.15, 0.2) is 0 Å². The third-order valence-corrected chi connectivity index (χ3v) is 16.4. The van der Waals surface area contributed by atoms with Crippen molar-refractivity contribution in [1.82, 2.24) is 0 Å². The van der Waals surface area contributed by atoms with E-state index in [4.69, 9.17) is 0 Å². The molecule has 63 heavy (non-hydrogen) atoms. The molecule has 3 aliphatic heterocycles. The summed E-state index contributed by atoms with van der Waals surface area (Å²) in [5.74, 6) is 0. The minimum Gasteiger partial charge on any atom is -0.376 e. The second-order valence-electron chi connectivity index (χ2n) is 22.8. The Morgan fingerprint density at radius 2 is 1.13 bits per heavy atom. The summed E-state index contributed by atoms with van der Waals surface area (Å²) in [5, 5.41) is 0. The van der Waals surface area contributed by atoms with Crippen LogP contribution >= 0.6 is 0 Å². The van der Waals surface area contributed by atoms with Gasteiger partial charge >= 0.3 is 6.85 Å². The van der Waals surface area contributed by atoms with Crippen molar-refractivity contribution in [3.8, 4) is 33.4 Å². The fraction of sp³-hybridized carbons (Fsp3) is 0.300. The van der Waals surface area contributed by atoms with Crippen LogP contribution in [0.3, 0.4) is 0 Å². The molecule has 0 atom stereocenters. The molecule has 0 radical (unpaired) electrons. The van der Waals surface area contributed by atoms with E-state index in [0.717, 1.165) is 0 Å². The van der Waals surface area contributed by atoms with Gasteiger partial charge in [-0.1, -0.05) is 185 Å². The van der Waals surface area contributed by atoms with Crippen molar-refractivity contribution in [3.63, 3.8) is 0 Å². The smallest absolute Gasteiger partial charge is 0.333 e. The molecular weight excluding hydrogens is 759 g/mol. The number of para-hydroxylation sites is 1. The normalized spacial score (nSPS) is 18.4. The molecule has 0 bridgehead atoms. The number of rotatable bonds is 2. The van der Waals surface area contributed by atoms with Crippen molar-refractivity contribution in [2.45, 2.75) is 116 Å². The molecule has 7 aromatic carbocycles. The molecule has 0 unspecified atom stereocenters.